The molecule has 0 aliphatic heterocycles. The smallest absolute Gasteiger partial charge is 0.161 e. The van der Waals surface area contributed by atoms with Crippen LogP contribution in [0.25, 0.3) is 0 Å². The first-order valence-electron chi connectivity index (χ1n) is 7.39. The molecule has 0 aliphatic rings. The highest BCUT2D eigenvalue weighted by Gasteiger charge is 2.17. The van der Waals surface area contributed by atoms with E-state index < -0.39 is 0 Å². The molecule has 0 aromatic heterocycles. The summed E-state index contributed by atoms with van der Waals surface area (Å²) in [7, 11) is 3.22. The predicted octanol–water partition coefficient (Wildman–Crippen LogP) is 4.03. The van der Waals surface area contributed by atoms with Gasteiger partial charge in [0.2, 0.25) is 0 Å². The third-order valence-corrected chi connectivity index (χ3v) is 3.56. The van der Waals surface area contributed by atoms with Crippen molar-refractivity contribution in [3.63, 3.8) is 0 Å². The van der Waals surface area contributed by atoms with Crippen molar-refractivity contribution in [2.45, 2.75) is 46.0 Å². The number of carbonyl (C=O) groups excluding carboxylic acids is 1. The van der Waals surface area contributed by atoms with Crippen molar-refractivity contribution >= 4 is 5.78 Å². The van der Waals surface area contributed by atoms with Crippen molar-refractivity contribution in [1.29, 1.82) is 0 Å². The summed E-state index contributed by atoms with van der Waals surface area (Å²) in [5.41, 5.74) is 0.991. The van der Waals surface area contributed by atoms with Crippen LogP contribution in [-0.2, 0) is 11.2 Å². The maximum Gasteiger partial charge on any atom is 0.161 e. The Kier molecular flexibility index (Phi) is 7.13. The quantitative estimate of drug-likeness (QED) is 0.684. The van der Waals surface area contributed by atoms with E-state index in [1.54, 1.807) is 14.2 Å². The number of ether oxygens (including phenoxy) is 2. The normalized spacial score (nSPS) is 10.7. The molecular weight excluding hydrogens is 252 g/mol. The summed E-state index contributed by atoms with van der Waals surface area (Å²) < 4.78 is 10.5. The molecule has 1 aromatic carbocycles. The molecule has 0 atom stereocenters. The van der Waals surface area contributed by atoms with Crippen molar-refractivity contribution in [3.05, 3.63) is 23.8 Å². The molecule has 1 rings (SSSR count). The number of benzene rings is 1. The molecule has 0 bridgehead atoms. The average molecular weight is 278 g/mol. The summed E-state index contributed by atoms with van der Waals surface area (Å²) in [4.78, 5) is 12.4. The number of hydrogen-bond donors (Lipinski definition) is 0. The van der Waals surface area contributed by atoms with Gasteiger partial charge in [0.1, 0.15) is 5.78 Å². The zero-order valence-electron chi connectivity index (χ0n) is 13.1. The van der Waals surface area contributed by atoms with E-state index in [1.165, 1.54) is 0 Å². The average Bonchev–Trinajstić information content (AvgIpc) is 2.46. The Morgan fingerprint density at radius 2 is 1.65 bits per heavy atom. The van der Waals surface area contributed by atoms with Crippen molar-refractivity contribution in [3.8, 4) is 11.5 Å². The fraction of sp³-hybridized carbons (Fsp3) is 0.588. The van der Waals surface area contributed by atoms with Gasteiger partial charge in [0.15, 0.2) is 11.5 Å². The third-order valence-electron chi connectivity index (χ3n) is 3.56. The number of rotatable bonds is 9. The van der Waals surface area contributed by atoms with Crippen LogP contribution >= 0.6 is 0 Å². The van der Waals surface area contributed by atoms with Gasteiger partial charge in [0.25, 0.3) is 0 Å². The molecule has 112 valence electrons. The number of methoxy groups -OCH3 is 2. The molecule has 0 aliphatic carbocycles. The van der Waals surface area contributed by atoms with Gasteiger partial charge >= 0.3 is 0 Å². The van der Waals surface area contributed by atoms with E-state index in [9.17, 15) is 4.79 Å². The maximum atomic E-state index is 12.4. The molecule has 20 heavy (non-hydrogen) atoms. The molecular formula is C17H26O3. The summed E-state index contributed by atoms with van der Waals surface area (Å²) in [6, 6.07) is 5.69. The van der Waals surface area contributed by atoms with E-state index in [-0.39, 0.29) is 5.92 Å². The van der Waals surface area contributed by atoms with Gasteiger partial charge in [0.05, 0.1) is 14.2 Å². The fourth-order valence-electron chi connectivity index (χ4n) is 2.50. The predicted molar refractivity (Wildman–Crippen MR) is 81.6 cm³/mol. The molecule has 0 spiro atoms. The molecule has 3 nitrogen and oxygen atoms in total. The fourth-order valence-corrected chi connectivity index (χ4v) is 2.50. The van der Waals surface area contributed by atoms with Crippen LogP contribution in [0, 0.1) is 5.92 Å². The molecule has 0 radical (unpaired) electrons. The van der Waals surface area contributed by atoms with Gasteiger partial charge in [-0.3, -0.25) is 4.79 Å². The zero-order valence-corrected chi connectivity index (χ0v) is 13.1. The van der Waals surface area contributed by atoms with Gasteiger partial charge in [-0.2, -0.15) is 0 Å². The number of hydrogen-bond acceptors (Lipinski definition) is 3. The van der Waals surface area contributed by atoms with Gasteiger partial charge in [-0.15, -0.1) is 0 Å². The highest BCUT2D eigenvalue weighted by Crippen LogP contribution is 2.28. The van der Waals surface area contributed by atoms with Gasteiger partial charge in [0, 0.05) is 12.3 Å². The van der Waals surface area contributed by atoms with Crippen molar-refractivity contribution in [2.24, 2.45) is 5.92 Å². The molecule has 0 N–H and O–H groups in total. The standard InChI is InChI=1S/C17H26O3/c1-5-7-14(8-6-2)15(18)11-13-9-10-16(19-3)17(12-13)20-4/h9-10,12,14H,5-8,11H2,1-4H3. The van der Waals surface area contributed by atoms with Crippen LogP contribution < -0.4 is 9.47 Å². The molecule has 0 unspecified atom stereocenters. The first-order valence-corrected chi connectivity index (χ1v) is 7.39. The summed E-state index contributed by atoms with van der Waals surface area (Å²) in [5.74, 6) is 1.90. The van der Waals surface area contributed by atoms with Crippen LogP contribution in [-0.4, -0.2) is 20.0 Å². The van der Waals surface area contributed by atoms with Crippen LogP contribution in [0.3, 0.4) is 0 Å². The molecule has 0 amide bonds. The SMILES string of the molecule is CCCC(CCC)C(=O)Cc1ccc(OC)c(OC)c1. The summed E-state index contributed by atoms with van der Waals surface area (Å²) >= 11 is 0. The monoisotopic (exact) mass is 278 g/mol. The highest BCUT2D eigenvalue weighted by atomic mass is 16.5. The lowest BCUT2D eigenvalue weighted by Crippen LogP contribution is -2.16. The topological polar surface area (TPSA) is 35.5 Å². The number of Topliss-reactive ketones (excluding diaryl/α,β-unsaturated/α-hetero) is 1. The minimum absolute atomic E-state index is 0.193. The zero-order chi connectivity index (χ0) is 15.0. The Morgan fingerprint density at radius 1 is 1.05 bits per heavy atom. The van der Waals surface area contributed by atoms with E-state index in [0.29, 0.717) is 23.7 Å². The van der Waals surface area contributed by atoms with Crippen LogP contribution in [0.2, 0.25) is 0 Å². The number of carbonyl (C=O) groups is 1. The van der Waals surface area contributed by atoms with E-state index >= 15 is 0 Å². The summed E-state index contributed by atoms with van der Waals surface area (Å²) in [6.07, 6.45) is 4.57. The van der Waals surface area contributed by atoms with Crippen molar-refractivity contribution in [1.82, 2.24) is 0 Å². The van der Waals surface area contributed by atoms with Gasteiger partial charge < -0.3 is 9.47 Å². The summed E-state index contributed by atoms with van der Waals surface area (Å²) in [5, 5.41) is 0. The van der Waals surface area contributed by atoms with E-state index in [2.05, 4.69) is 13.8 Å². The molecule has 3 heteroatoms. The van der Waals surface area contributed by atoms with Crippen LogP contribution in [0.1, 0.15) is 45.1 Å². The first-order chi connectivity index (χ1) is 9.65. The molecule has 0 heterocycles. The van der Waals surface area contributed by atoms with Crippen molar-refractivity contribution < 1.29 is 14.3 Å². The second-order valence-electron chi connectivity index (χ2n) is 5.11. The molecule has 0 saturated carbocycles. The third kappa shape index (κ3) is 4.55. The van der Waals surface area contributed by atoms with Crippen LogP contribution in [0.5, 0.6) is 11.5 Å². The maximum absolute atomic E-state index is 12.4. The highest BCUT2D eigenvalue weighted by molar-refractivity contribution is 5.83. The van der Waals surface area contributed by atoms with Crippen LogP contribution in [0.15, 0.2) is 18.2 Å². The lowest BCUT2D eigenvalue weighted by atomic mass is 9.90. The lowest BCUT2D eigenvalue weighted by Gasteiger charge is -2.15. The van der Waals surface area contributed by atoms with Gasteiger partial charge in [-0.25, -0.2) is 0 Å². The second-order valence-corrected chi connectivity index (χ2v) is 5.11. The summed E-state index contributed by atoms with van der Waals surface area (Å²) in [6.45, 7) is 4.26. The van der Waals surface area contributed by atoms with E-state index in [1.807, 2.05) is 18.2 Å². The van der Waals surface area contributed by atoms with E-state index in [0.717, 1.165) is 31.2 Å². The largest absolute Gasteiger partial charge is 0.493 e. The molecule has 0 saturated heterocycles. The minimum Gasteiger partial charge on any atom is -0.493 e. The van der Waals surface area contributed by atoms with Gasteiger partial charge in [-0.05, 0) is 30.5 Å². The Balaban J connectivity index is 2.78. The first kappa shape index (κ1) is 16.5. The Morgan fingerprint density at radius 3 is 2.15 bits per heavy atom. The second kappa shape index (κ2) is 8.62. The minimum atomic E-state index is 0.193. The van der Waals surface area contributed by atoms with E-state index in [4.69, 9.17) is 9.47 Å². The molecule has 0 fully saturated rings. The molecule has 1 aromatic rings. The van der Waals surface area contributed by atoms with Crippen LogP contribution in [0.4, 0.5) is 0 Å². The number of ketones is 1. The van der Waals surface area contributed by atoms with Gasteiger partial charge in [-0.1, -0.05) is 32.8 Å². The Labute approximate surface area is 122 Å². The lowest BCUT2D eigenvalue weighted by molar-refractivity contribution is -0.122. The Hall–Kier alpha value is -1.51. The van der Waals surface area contributed by atoms with Crippen molar-refractivity contribution in [2.75, 3.05) is 14.2 Å². The Bertz CT molecular complexity index is 420.